The fraction of sp³-hybridized carbons (Fsp3) is 0.533. The maximum Gasteiger partial charge on any atom is 4.00 e. The molecule has 0 saturated carbocycles. The van der Waals surface area contributed by atoms with Crippen molar-refractivity contribution < 1.29 is 21.7 Å². The smallest absolute Gasteiger partial charge is 0.358 e. The summed E-state index contributed by atoms with van der Waals surface area (Å²) in [5.41, 5.74) is 4.84. The summed E-state index contributed by atoms with van der Waals surface area (Å²) in [7, 11) is 0. The average molecular weight is 254 g/mol. The van der Waals surface area contributed by atoms with Crippen LogP contribution in [0.25, 0.3) is 0 Å². The molecule has 0 aromatic rings. The molecule has 0 amide bonds. The van der Waals surface area contributed by atoms with Crippen LogP contribution in [0.15, 0.2) is 16.7 Å². The predicted molar refractivity (Wildman–Crippen MR) is 70.9 cm³/mol. The molecule has 0 aromatic heterocycles. The summed E-state index contributed by atoms with van der Waals surface area (Å²) in [6.45, 7) is 4.51. The van der Waals surface area contributed by atoms with Gasteiger partial charge in [-0.05, 0) is 6.42 Å². The van der Waals surface area contributed by atoms with Gasteiger partial charge in [-0.15, -0.1) is 0 Å². The van der Waals surface area contributed by atoms with Crippen molar-refractivity contribution in [3.8, 4) is 0 Å². The van der Waals surface area contributed by atoms with Gasteiger partial charge in [0.2, 0.25) is 0 Å². The molecule has 0 bridgehead atoms. The van der Waals surface area contributed by atoms with Crippen LogP contribution in [0.5, 0.6) is 0 Å². The van der Waals surface area contributed by atoms with Gasteiger partial charge in [-0.25, -0.2) is 5.57 Å². The van der Waals surface area contributed by atoms with Crippen LogP contribution in [0.1, 0.15) is 46.0 Å². The monoisotopic (exact) mass is 254 g/mol. The van der Waals surface area contributed by atoms with Crippen molar-refractivity contribution in [3.63, 3.8) is 0 Å². The van der Waals surface area contributed by atoms with Gasteiger partial charge in [-0.1, -0.05) is 45.4 Å². The Morgan fingerprint density at radius 1 is 1.12 bits per heavy atom. The Balaban J connectivity index is -0.000000422. The topological polar surface area (TPSA) is 0 Å². The molecule has 0 spiro atoms. The predicted octanol–water partition coefficient (Wildman–Crippen LogP) is 4.99. The van der Waals surface area contributed by atoms with Gasteiger partial charge < -0.3 is 22.3 Å². The molecule has 1 atom stereocenters. The molecule has 0 N–H and O–H groups in total. The molecular formula is C15H26Ti. The Morgan fingerprint density at radius 3 is 2.25 bits per heavy atom. The number of hydrogen-bond donors (Lipinski definition) is 0. The fourth-order valence-corrected chi connectivity index (χ4v) is 2.53. The molecule has 1 heteroatoms. The van der Waals surface area contributed by atoms with Crippen molar-refractivity contribution >= 4 is 0 Å². The van der Waals surface area contributed by atoms with Gasteiger partial charge >= 0.3 is 21.7 Å². The molecule has 0 nitrogen and oxygen atoms in total. The van der Waals surface area contributed by atoms with Gasteiger partial charge in [0.15, 0.2) is 0 Å². The van der Waals surface area contributed by atoms with E-state index < -0.39 is 0 Å². The molecule has 0 fully saturated rings. The zero-order valence-corrected chi connectivity index (χ0v) is 13.2. The zero-order valence-electron chi connectivity index (χ0n) is 11.6. The standard InChI is InChI=1S/C12H17.3CH3.Ti/c1-3-10-8-9(2)11-6-4-5-7-12(10)11;;;;/h10H,3-7H2,1-2H3;3*1H3;/q4*-1;+4. The summed E-state index contributed by atoms with van der Waals surface area (Å²) < 4.78 is 0. The van der Waals surface area contributed by atoms with Gasteiger partial charge in [-0.2, -0.15) is 11.1 Å². The molecule has 2 aliphatic rings. The molecular weight excluding hydrogens is 228 g/mol. The summed E-state index contributed by atoms with van der Waals surface area (Å²) in [4.78, 5) is 0. The average Bonchev–Trinajstić information content (AvgIpc) is 2.44. The summed E-state index contributed by atoms with van der Waals surface area (Å²) >= 11 is 0. The van der Waals surface area contributed by atoms with E-state index in [1.807, 2.05) is 0 Å². The molecule has 0 heterocycles. The van der Waals surface area contributed by atoms with Crippen molar-refractivity contribution in [2.75, 3.05) is 0 Å². The van der Waals surface area contributed by atoms with Crippen LogP contribution < -0.4 is 0 Å². The quantitative estimate of drug-likeness (QED) is 0.456. The van der Waals surface area contributed by atoms with Crippen LogP contribution >= 0.6 is 0 Å². The molecule has 0 aromatic carbocycles. The van der Waals surface area contributed by atoms with Crippen LogP contribution in [0.4, 0.5) is 0 Å². The first-order valence-electron chi connectivity index (χ1n) is 5.15. The SMILES string of the molecule is CCC1[C-]=C(C)C2=C1CCCC2.[CH3-].[CH3-].[CH3-].[Ti+4]. The van der Waals surface area contributed by atoms with E-state index >= 15 is 0 Å². The summed E-state index contributed by atoms with van der Waals surface area (Å²) in [6.07, 6.45) is 10.3. The molecule has 0 aliphatic heterocycles. The number of hydrogen-bond acceptors (Lipinski definition) is 0. The van der Waals surface area contributed by atoms with Crippen LogP contribution in [0.2, 0.25) is 0 Å². The van der Waals surface area contributed by atoms with Crippen molar-refractivity contribution in [3.05, 3.63) is 45.1 Å². The van der Waals surface area contributed by atoms with E-state index in [1.165, 1.54) is 37.7 Å². The van der Waals surface area contributed by atoms with E-state index in [9.17, 15) is 0 Å². The Bertz CT molecular complexity index is 248. The summed E-state index contributed by atoms with van der Waals surface area (Å²) in [6, 6.07) is 0. The third-order valence-electron chi connectivity index (χ3n) is 3.18. The second kappa shape index (κ2) is 9.25. The first-order valence-corrected chi connectivity index (χ1v) is 5.15. The minimum absolute atomic E-state index is 0. The second-order valence-corrected chi connectivity index (χ2v) is 3.94. The summed E-state index contributed by atoms with van der Waals surface area (Å²) in [5.74, 6) is 0.681. The third-order valence-corrected chi connectivity index (χ3v) is 3.18. The Hall–Kier alpha value is 0.194. The van der Waals surface area contributed by atoms with E-state index in [0.29, 0.717) is 5.92 Å². The van der Waals surface area contributed by atoms with Gasteiger partial charge in [0.1, 0.15) is 0 Å². The van der Waals surface area contributed by atoms with Gasteiger partial charge in [0.05, 0.1) is 0 Å². The van der Waals surface area contributed by atoms with Gasteiger partial charge in [0.25, 0.3) is 0 Å². The first-order chi connectivity index (χ1) is 5.83. The fourth-order valence-electron chi connectivity index (χ4n) is 2.53. The van der Waals surface area contributed by atoms with E-state index in [4.69, 9.17) is 0 Å². The van der Waals surface area contributed by atoms with Crippen LogP contribution in [0, 0.1) is 34.3 Å². The van der Waals surface area contributed by atoms with Crippen LogP contribution in [0.3, 0.4) is 0 Å². The van der Waals surface area contributed by atoms with Crippen molar-refractivity contribution in [1.29, 1.82) is 0 Å². The molecule has 16 heavy (non-hydrogen) atoms. The van der Waals surface area contributed by atoms with E-state index in [2.05, 4.69) is 19.9 Å². The minimum Gasteiger partial charge on any atom is -0.358 e. The van der Waals surface area contributed by atoms with E-state index in [0.717, 1.165) is 0 Å². The molecule has 1 unspecified atom stereocenters. The van der Waals surface area contributed by atoms with Crippen molar-refractivity contribution in [2.45, 2.75) is 46.0 Å². The van der Waals surface area contributed by atoms with Gasteiger partial charge in [0, 0.05) is 0 Å². The molecule has 90 valence electrons. The normalized spacial score (nSPS) is 21.6. The molecule has 0 radical (unpaired) electrons. The molecule has 0 saturated heterocycles. The molecule has 2 aliphatic carbocycles. The van der Waals surface area contributed by atoms with Crippen molar-refractivity contribution in [1.82, 2.24) is 0 Å². The first kappa shape index (κ1) is 21.5. The number of rotatable bonds is 1. The third kappa shape index (κ3) is 3.89. The van der Waals surface area contributed by atoms with Crippen LogP contribution in [-0.2, 0) is 21.7 Å². The largest absolute Gasteiger partial charge is 4.00 e. The maximum absolute atomic E-state index is 3.59. The van der Waals surface area contributed by atoms with E-state index in [1.54, 1.807) is 11.1 Å². The second-order valence-electron chi connectivity index (χ2n) is 3.94. The zero-order chi connectivity index (χ0) is 8.55. The maximum atomic E-state index is 3.59. The van der Waals surface area contributed by atoms with E-state index in [-0.39, 0.29) is 44.0 Å². The summed E-state index contributed by atoms with van der Waals surface area (Å²) in [5, 5.41) is 0. The Kier molecular flexibility index (Phi) is 12.4. The molecule has 2 rings (SSSR count). The number of allylic oxidation sites excluding steroid dienone is 4. The van der Waals surface area contributed by atoms with Crippen LogP contribution in [-0.4, -0.2) is 0 Å². The van der Waals surface area contributed by atoms with Gasteiger partial charge in [-0.3, -0.25) is 6.08 Å². The minimum atomic E-state index is 0. The van der Waals surface area contributed by atoms with Crippen molar-refractivity contribution in [2.24, 2.45) is 5.92 Å². The Morgan fingerprint density at radius 2 is 1.69 bits per heavy atom. The Labute approximate surface area is 118 Å².